The van der Waals surface area contributed by atoms with Gasteiger partial charge in [-0.25, -0.2) is 0 Å². The molecule has 162 valence electrons. The molecule has 0 spiro atoms. The lowest BCUT2D eigenvalue weighted by Crippen LogP contribution is -2.45. The molecule has 2 amide bonds. The molecule has 30 heavy (non-hydrogen) atoms. The van der Waals surface area contributed by atoms with Gasteiger partial charge in [0.2, 0.25) is 5.91 Å². The van der Waals surface area contributed by atoms with Crippen molar-refractivity contribution in [3.8, 4) is 0 Å². The molecule has 8 heteroatoms. The highest BCUT2D eigenvalue weighted by Gasteiger charge is 2.23. The van der Waals surface area contributed by atoms with E-state index in [-0.39, 0.29) is 17.6 Å². The lowest BCUT2D eigenvalue weighted by molar-refractivity contribution is -0.118. The molecule has 0 saturated carbocycles. The fourth-order valence-corrected chi connectivity index (χ4v) is 3.98. The summed E-state index contributed by atoms with van der Waals surface area (Å²) in [5.41, 5.74) is 3.06. The Balaban J connectivity index is 1.65. The van der Waals surface area contributed by atoms with Crippen molar-refractivity contribution in [2.24, 2.45) is 0 Å². The molecule has 3 rings (SSSR count). The lowest BCUT2D eigenvalue weighted by Gasteiger charge is -2.35. The van der Waals surface area contributed by atoms with Gasteiger partial charge in [-0.05, 0) is 68.3 Å². The van der Waals surface area contributed by atoms with Crippen molar-refractivity contribution in [2.75, 3.05) is 55.5 Å². The lowest BCUT2D eigenvalue weighted by atomic mass is 10.1. The Bertz CT molecular complexity index is 848. The molecule has 1 aromatic carbocycles. The quantitative estimate of drug-likeness (QED) is 0.671. The third-order valence-corrected chi connectivity index (χ3v) is 5.93. The van der Waals surface area contributed by atoms with Crippen molar-refractivity contribution in [2.45, 2.75) is 19.4 Å². The number of rotatable bonds is 8. The number of aryl methyl sites for hydroxylation is 1. The summed E-state index contributed by atoms with van der Waals surface area (Å²) >= 11 is 1.63. The minimum atomic E-state index is -0.632. The van der Waals surface area contributed by atoms with E-state index < -0.39 is 6.04 Å². The van der Waals surface area contributed by atoms with Gasteiger partial charge in [-0.15, -0.1) is 0 Å². The number of anilines is 2. The molecule has 0 bridgehead atoms. The predicted octanol–water partition coefficient (Wildman–Crippen LogP) is 2.83. The van der Waals surface area contributed by atoms with Crippen LogP contribution in [0.5, 0.6) is 0 Å². The van der Waals surface area contributed by atoms with Gasteiger partial charge in [0.15, 0.2) is 5.76 Å². The summed E-state index contributed by atoms with van der Waals surface area (Å²) in [6.07, 6.45) is 3.96. The largest absolute Gasteiger partial charge is 0.459 e. The van der Waals surface area contributed by atoms with Crippen molar-refractivity contribution in [1.82, 2.24) is 10.2 Å². The van der Waals surface area contributed by atoms with Gasteiger partial charge in [0, 0.05) is 37.6 Å². The van der Waals surface area contributed by atoms with Crippen LogP contribution in [0.15, 0.2) is 41.0 Å². The van der Waals surface area contributed by atoms with E-state index in [1.165, 1.54) is 12.0 Å². The number of benzene rings is 1. The fraction of sp³-hybridized carbons (Fsp3) is 0.455. The van der Waals surface area contributed by atoms with Crippen LogP contribution in [0.25, 0.3) is 0 Å². The number of furan rings is 1. The molecule has 1 aliphatic rings. The fourth-order valence-electron chi connectivity index (χ4n) is 3.51. The molecule has 1 aliphatic heterocycles. The average Bonchev–Trinajstić information content (AvgIpc) is 3.27. The number of carbonyl (C=O) groups excluding carboxylic acids is 2. The first-order chi connectivity index (χ1) is 14.5. The van der Waals surface area contributed by atoms with E-state index >= 15 is 0 Å². The molecule has 7 nitrogen and oxygen atoms in total. The second-order valence-electron chi connectivity index (χ2n) is 7.57. The Morgan fingerprint density at radius 3 is 2.60 bits per heavy atom. The van der Waals surface area contributed by atoms with Crippen molar-refractivity contribution < 1.29 is 14.0 Å². The molecule has 0 radical (unpaired) electrons. The van der Waals surface area contributed by atoms with Gasteiger partial charge in [0.05, 0.1) is 6.26 Å². The number of carbonyl (C=O) groups is 2. The van der Waals surface area contributed by atoms with Gasteiger partial charge in [0.1, 0.15) is 6.04 Å². The summed E-state index contributed by atoms with van der Waals surface area (Å²) in [7, 11) is 2.14. The molecule has 2 aromatic rings. The first-order valence-corrected chi connectivity index (χ1v) is 11.6. The summed E-state index contributed by atoms with van der Waals surface area (Å²) < 4.78 is 5.14. The first-order valence-electron chi connectivity index (χ1n) is 10.2. The highest BCUT2D eigenvalue weighted by atomic mass is 32.2. The normalized spacial score (nSPS) is 15.6. The summed E-state index contributed by atoms with van der Waals surface area (Å²) in [6.45, 7) is 6.15. The van der Waals surface area contributed by atoms with E-state index in [0.717, 1.165) is 43.2 Å². The van der Waals surface area contributed by atoms with Crippen LogP contribution in [-0.4, -0.2) is 68.0 Å². The zero-order valence-electron chi connectivity index (χ0n) is 17.8. The van der Waals surface area contributed by atoms with Crippen LogP contribution in [0.1, 0.15) is 22.5 Å². The predicted molar refractivity (Wildman–Crippen MR) is 122 cm³/mol. The summed E-state index contributed by atoms with van der Waals surface area (Å²) in [5.74, 6) is 0.348. The SMILES string of the molecule is CSCCC(NC(=O)c1ccco1)C(=O)Nc1ccc(N2CCN(C)CC2)c(C)c1. The van der Waals surface area contributed by atoms with Gasteiger partial charge in [-0.2, -0.15) is 11.8 Å². The molecule has 1 fully saturated rings. The minimum Gasteiger partial charge on any atom is -0.459 e. The van der Waals surface area contributed by atoms with E-state index in [2.05, 4.69) is 40.5 Å². The van der Waals surface area contributed by atoms with Crippen molar-refractivity contribution >= 4 is 35.0 Å². The summed E-state index contributed by atoms with van der Waals surface area (Å²) in [5, 5.41) is 5.74. The molecule has 1 aromatic heterocycles. The second kappa shape index (κ2) is 10.5. The van der Waals surface area contributed by atoms with Crippen molar-refractivity contribution in [1.29, 1.82) is 0 Å². The zero-order valence-corrected chi connectivity index (χ0v) is 18.6. The summed E-state index contributed by atoms with van der Waals surface area (Å²) in [6, 6.07) is 8.59. The van der Waals surface area contributed by atoms with Gasteiger partial charge in [-0.1, -0.05) is 0 Å². The molecule has 1 saturated heterocycles. The summed E-state index contributed by atoms with van der Waals surface area (Å²) in [4.78, 5) is 29.9. The standard InChI is InChI=1S/C22H30N4O3S/c1-16-15-17(6-7-19(16)26-11-9-25(2)10-12-26)23-21(27)18(8-14-30-3)24-22(28)20-5-4-13-29-20/h4-7,13,15,18H,8-12,14H2,1-3H3,(H,23,27)(H,24,28). The zero-order chi connectivity index (χ0) is 21.5. The average molecular weight is 431 g/mol. The Morgan fingerprint density at radius 2 is 1.97 bits per heavy atom. The molecular weight excluding hydrogens is 400 g/mol. The van der Waals surface area contributed by atoms with E-state index in [0.29, 0.717) is 6.42 Å². The van der Waals surface area contributed by atoms with Crippen LogP contribution >= 0.6 is 11.8 Å². The number of hydrogen-bond donors (Lipinski definition) is 2. The maximum atomic E-state index is 12.9. The van der Waals surface area contributed by atoms with E-state index in [4.69, 9.17) is 4.42 Å². The van der Waals surface area contributed by atoms with Gasteiger partial charge >= 0.3 is 0 Å². The maximum absolute atomic E-state index is 12.9. The van der Waals surface area contributed by atoms with Crippen LogP contribution in [-0.2, 0) is 4.79 Å². The molecule has 1 atom stereocenters. The van der Waals surface area contributed by atoms with E-state index in [1.807, 2.05) is 18.4 Å². The topological polar surface area (TPSA) is 77.8 Å². The number of hydrogen-bond acceptors (Lipinski definition) is 6. The Labute approximate surface area is 182 Å². The number of nitrogens with zero attached hydrogens (tertiary/aromatic N) is 2. The van der Waals surface area contributed by atoms with Crippen molar-refractivity contribution in [3.63, 3.8) is 0 Å². The maximum Gasteiger partial charge on any atom is 0.287 e. The third-order valence-electron chi connectivity index (χ3n) is 5.29. The molecule has 2 N–H and O–H groups in total. The van der Waals surface area contributed by atoms with Gasteiger partial charge < -0.3 is 24.9 Å². The Morgan fingerprint density at radius 1 is 1.20 bits per heavy atom. The van der Waals surface area contributed by atoms with Crippen LogP contribution in [0.2, 0.25) is 0 Å². The van der Waals surface area contributed by atoms with Crippen LogP contribution < -0.4 is 15.5 Å². The molecule has 0 aliphatic carbocycles. The third kappa shape index (κ3) is 5.79. The Kier molecular flexibility index (Phi) is 7.81. The molecular formula is C22H30N4O3S. The minimum absolute atomic E-state index is 0.198. The van der Waals surface area contributed by atoms with E-state index in [1.54, 1.807) is 23.9 Å². The molecule has 1 unspecified atom stereocenters. The number of nitrogens with one attached hydrogen (secondary N) is 2. The van der Waals surface area contributed by atoms with Gasteiger partial charge in [-0.3, -0.25) is 9.59 Å². The highest BCUT2D eigenvalue weighted by molar-refractivity contribution is 7.98. The van der Waals surface area contributed by atoms with Gasteiger partial charge in [0.25, 0.3) is 5.91 Å². The number of likely N-dealkylation sites (N-methyl/N-ethyl adjacent to an activating group) is 1. The van der Waals surface area contributed by atoms with Crippen molar-refractivity contribution in [3.05, 3.63) is 47.9 Å². The van der Waals surface area contributed by atoms with Crippen LogP contribution in [0.4, 0.5) is 11.4 Å². The number of amides is 2. The smallest absolute Gasteiger partial charge is 0.287 e. The monoisotopic (exact) mass is 430 g/mol. The highest BCUT2D eigenvalue weighted by Crippen LogP contribution is 2.25. The number of piperazine rings is 1. The Hall–Kier alpha value is -2.45. The van der Waals surface area contributed by atoms with Crippen LogP contribution in [0, 0.1) is 6.92 Å². The van der Waals surface area contributed by atoms with Crippen LogP contribution in [0.3, 0.4) is 0 Å². The number of thioether (sulfide) groups is 1. The van der Waals surface area contributed by atoms with E-state index in [9.17, 15) is 9.59 Å². The first kappa shape index (κ1) is 22.2. The second-order valence-corrected chi connectivity index (χ2v) is 8.55. The molecule has 2 heterocycles.